The Hall–Kier alpha value is -2.56. The molecule has 1 atom stereocenters. The Balaban J connectivity index is 1.73. The van der Waals surface area contributed by atoms with Gasteiger partial charge in [0.15, 0.2) is 0 Å². The standard InChI is InChI=1S/C18H22N4O3/c1-13(21-7-9-24-10-8-21)12-20-17(23)16-14(2)25-18(15(16)11-19)22-5-3-4-6-22/h3-6,13H,7-10,12H2,1-2H3,(H,20,23)/t13-/m1/s1. The van der Waals surface area contributed by atoms with E-state index in [0.29, 0.717) is 23.8 Å². The highest BCUT2D eigenvalue weighted by molar-refractivity contribution is 5.98. The van der Waals surface area contributed by atoms with E-state index in [2.05, 4.69) is 23.2 Å². The Morgan fingerprint density at radius 2 is 2.04 bits per heavy atom. The Kier molecular flexibility index (Phi) is 5.22. The van der Waals surface area contributed by atoms with Gasteiger partial charge >= 0.3 is 0 Å². The van der Waals surface area contributed by atoms with Gasteiger partial charge in [0.1, 0.15) is 23.0 Å². The van der Waals surface area contributed by atoms with E-state index < -0.39 is 0 Å². The number of ether oxygens (including phenoxy) is 1. The van der Waals surface area contributed by atoms with Crippen LogP contribution in [0.4, 0.5) is 0 Å². The van der Waals surface area contributed by atoms with Gasteiger partial charge in [-0.05, 0) is 26.0 Å². The molecule has 0 saturated carbocycles. The SMILES string of the molecule is Cc1oc(-n2cccc2)c(C#N)c1C(=O)NC[C@@H](C)N1CCOCC1. The Morgan fingerprint density at radius 3 is 2.68 bits per heavy atom. The molecule has 0 aromatic carbocycles. The molecule has 0 unspecified atom stereocenters. The Morgan fingerprint density at radius 1 is 1.36 bits per heavy atom. The molecule has 2 aromatic heterocycles. The van der Waals surface area contributed by atoms with Gasteiger partial charge in [0.05, 0.1) is 13.2 Å². The molecule has 25 heavy (non-hydrogen) atoms. The molecule has 1 fully saturated rings. The average molecular weight is 342 g/mol. The Bertz CT molecular complexity index is 767. The van der Waals surface area contributed by atoms with Crippen LogP contribution >= 0.6 is 0 Å². The molecule has 132 valence electrons. The molecule has 0 radical (unpaired) electrons. The second-order valence-electron chi connectivity index (χ2n) is 6.12. The van der Waals surface area contributed by atoms with Crippen molar-refractivity contribution in [1.82, 2.24) is 14.8 Å². The van der Waals surface area contributed by atoms with Crippen molar-refractivity contribution in [3.63, 3.8) is 0 Å². The third kappa shape index (κ3) is 3.60. The van der Waals surface area contributed by atoms with E-state index in [1.54, 1.807) is 23.9 Å². The summed E-state index contributed by atoms with van der Waals surface area (Å²) in [6.45, 7) is 7.45. The smallest absolute Gasteiger partial charge is 0.256 e. The van der Waals surface area contributed by atoms with Crippen LogP contribution in [0.25, 0.3) is 5.88 Å². The molecule has 7 heteroatoms. The van der Waals surface area contributed by atoms with Crippen molar-refractivity contribution in [3.8, 4) is 12.0 Å². The fraction of sp³-hybridized carbons (Fsp3) is 0.444. The summed E-state index contributed by atoms with van der Waals surface area (Å²) < 4.78 is 12.7. The number of nitrogens with one attached hydrogen (secondary N) is 1. The minimum absolute atomic E-state index is 0.203. The first kappa shape index (κ1) is 17.3. The van der Waals surface area contributed by atoms with Crippen LogP contribution in [0.5, 0.6) is 0 Å². The van der Waals surface area contributed by atoms with Crippen molar-refractivity contribution in [1.29, 1.82) is 5.26 Å². The molecule has 0 aliphatic carbocycles. The minimum Gasteiger partial charge on any atom is -0.443 e. The van der Waals surface area contributed by atoms with Gasteiger partial charge in [0.2, 0.25) is 5.88 Å². The number of hydrogen-bond acceptors (Lipinski definition) is 5. The van der Waals surface area contributed by atoms with E-state index in [-0.39, 0.29) is 17.5 Å². The number of amides is 1. The van der Waals surface area contributed by atoms with E-state index >= 15 is 0 Å². The van der Waals surface area contributed by atoms with Crippen LogP contribution in [0.15, 0.2) is 28.9 Å². The van der Waals surface area contributed by atoms with Crippen molar-refractivity contribution in [2.24, 2.45) is 0 Å². The number of furan rings is 1. The highest BCUT2D eigenvalue weighted by atomic mass is 16.5. The van der Waals surface area contributed by atoms with Crippen molar-refractivity contribution < 1.29 is 13.9 Å². The number of aryl methyl sites for hydroxylation is 1. The van der Waals surface area contributed by atoms with Crippen LogP contribution in [0.1, 0.15) is 28.6 Å². The van der Waals surface area contributed by atoms with Gasteiger partial charge in [-0.1, -0.05) is 0 Å². The van der Waals surface area contributed by atoms with Gasteiger partial charge in [-0.2, -0.15) is 5.26 Å². The van der Waals surface area contributed by atoms with Crippen LogP contribution in [0, 0.1) is 18.3 Å². The van der Waals surface area contributed by atoms with Crippen LogP contribution in [-0.2, 0) is 4.74 Å². The maximum absolute atomic E-state index is 12.6. The lowest BCUT2D eigenvalue weighted by Gasteiger charge is -2.32. The van der Waals surface area contributed by atoms with Crippen molar-refractivity contribution >= 4 is 5.91 Å². The lowest BCUT2D eigenvalue weighted by molar-refractivity contribution is 0.0204. The third-order valence-corrected chi connectivity index (χ3v) is 4.47. The molecule has 1 N–H and O–H groups in total. The Labute approximate surface area is 146 Å². The van der Waals surface area contributed by atoms with Gasteiger partial charge in [-0.15, -0.1) is 0 Å². The molecule has 0 spiro atoms. The van der Waals surface area contributed by atoms with Gasteiger partial charge in [-0.3, -0.25) is 14.3 Å². The topological polar surface area (TPSA) is 83.4 Å². The second-order valence-corrected chi connectivity index (χ2v) is 6.12. The first-order valence-electron chi connectivity index (χ1n) is 8.38. The summed E-state index contributed by atoms with van der Waals surface area (Å²) in [5, 5.41) is 12.4. The number of hydrogen-bond donors (Lipinski definition) is 1. The zero-order valence-corrected chi connectivity index (χ0v) is 14.5. The predicted octanol–water partition coefficient (Wildman–Crippen LogP) is 1.70. The third-order valence-electron chi connectivity index (χ3n) is 4.47. The summed E-state index contributed by atoms with van der Waals surface area (Å²) in [7, 11) is 0. The first-order valence-corrected chi connectivity index (χ1v) is 8.38. The largest absolute Gasteiger partial charge is 0.443 e. The number of carbonyl (C=O) groups is 1. The quantitative estimate of drug-likeness (QED) is 0.894. The van der Waals surface area contributed by atoms with Crippen molar-refractivity contribution in [2.45, 2.75) is 19.9 Å². The lowest BCUT2D eigenvalue weighted by atomic mass is 10.1. The molecule has 0 bridgehead atoms. The normalized spacial score (nSPS) is 16.4. The first-order chi connectivity index (χ1) is 12.1. The van der Waals surface area contributed by atoms with Crippen molar-refractivity contribution in [2.75, 3.05) is 32.8 Å². The monoisotopic (exact) mass is 342 g/mol. The summed E-state index contributed by atoms with van der Waals surface area (Å²) in [5.74, 6) is 0.532. The summed E-state index contributed by atoms with van der Waals surface area (Å²) in [6.07, 6.45) is 3.56. The molecule has 1 aliphatic heterocycles. The summed E-state index contributed by atoms with van der Waals surface area (Å²) >= 11 is 0. The number of aromatic nitrogens is 1. The maximum Gasteiger partial charge on any atom is 0.256 e. The molecular formula is C18H22N4O3. The molecule has 1 aliphatic rings. The van der Waals surface area contributed by atoms with E-state index in [0.717, 1.165) is 26.3 Å². The van der Waals surface area contributed by atoms with Crippen LogP contribution in [0.3, 0.4) is 0 Å². The van der Waals surface area contributed by atoms with Crippen LogP contribution < -0.4 is 5.32 Å². The molecule has 1 saturated heterocycles. The number of carbonyl (C=O) groups excluding carboxylic acids is 1. The van der Waals surface area contributed by atoms with Gasteiger partial charge in [-0.25, -0.2) is 0 Å². The summed E-state index contributed by atoms with van der Waals surface area (Å²) in [5.41, 5.74) is 0.561. The van der Waals surface area contributed by atoms with E-state index in [9.17, 15) is 10.1 Å². The molecule has 7 nitrogen and oxygen atoms in total. The van der Waals surface area contributed by atoms with E-state index in [4.69, 9.17) is 9.15 Å². The van der Waals surface area contributed by atoms with Crippen LogP contribution in [0.2, 0.25) is 0 Å². The molecule has 1 amide bonds. The number of nitrogens with zero attached hydrogens (tertiary/aromatic N) is 3. The summed E-state index contributed by atoms with van der Waals surface area (Å²) in [6, 6.07) is 5.98. The van der Waals surface area contributed by atoms with Gasteiger partial charge < -0.3 is 14.5 Å². The van der Waals surface area contributed by atoms with Crippen LogP contribution in [-0.4, -0.2) is 54.3 Å². The number of rotatable bonds is 5. The highest BCUT2D eigenvalue weighted by Crippen LogP contribution is 2.25. The molecule has 3 rings (SSSR count). The molecular weight excluding hydrogens is 320 g/mol. The number of morpholine rings is 1. The molecule has 2 aromatic rings. The zero-order chi connectivity index (χ0) is 17.8. The maximum atomic E-state index is 12.6. The summed E-state index contributed by atoms with van der Waals surface area (Å²) in [4.78, 5) is 14.9. The fourth-order valence-corrected chi connectivity index (χ4v) is 3.04. The predicted molar refractivity (Wildman–Crippen MR) is 91.7 cm³/mol. The molecule has 3 heterocycles. The fourth-order valence-electron chi connectivity index (χ4n) is 3.04. The minimum atomic E-state index is -0.281. The van der Waals surface area contributed by atoms with Gasteiger partial charge in [0.25, 0.3) is 5.91 Å². The zero-order valence-electron chi connectivity index (χ0n) is 14.5. The highest BCUT2D eigenvalue weighted by Gasteiger charge is 2.25. The van der Waals surface area contributed by atoms with Crippen molar-refractivity contribution in [3.05, 3.63) is 41.4 Å². The van der Waals surface area contributed by atoms with E-state index in [1.165, 1.54) is 0 Å². The van der Waals surface area contributed by atoms with Gasteiger partial charge in [0, 0.05) is 38.1 Å². The second kappa shape index (κ2) is 7.55. The number of nitriles is 1. The van der Waals surface area contributed by atoms with E-state index in [1.807, 2.05) is 12.1 Å². The lowest BCUT2D eigenvalue weighted by Crippen LogP contribution is -2.47. The average Bonchev–Trinajstić information content (AvgIpc) is 3.27.